The third-order valence-corrected chi connectivity index (χ3v) is 3.55. The first-order valence-electron chi connectivity index (χ1n) is 5.25. The standard InChI is InChI=1S/C11H14N2O2/c12-9-2-1-3-13(10(9)14)8-4-11(5-8)6-15-7-11/h1-3,8H,4-7,12H2. The lowest BCUT2D eigenvalue weighted by Gasteiger charge is -2.53. The van der Waals surface area contributed by atoms with Crippen molar-refractivity contribution in [1.82, 2.24) is 4.57 Å². The van der Waals surface area contributed by atoms with Crippen molar-refractivity contribution in [2.45, 2.75) is 18.9 Å². The van der Waals surface area contributed by atoms with Gasteiger partial charge in [0.2, 0.25) is 0 Å². The fourth-order valence-corrected chi connectivity index (χ4v) is 2.58. The number of hydrogen-bond acceptors (Lipinski definition) is 3. The summed E-state index contributed by atoms with van der Waals surface area (Å²) >= 11 is 0. The molecule has 1 spiro atoms. The largest absolute Gasteiger partial charge is 0.394 e. The zero-order chi connectivity index (χ0) is 10.5. The molecule has 4 heteroatoms. The summed E-state index contributed by atoms with van der Waals surface area (Å²) in [6, 6.07) is 3.81. The maximum Gasteiger partial charge on any atom is 0.273 e. The summed E-state index contributed by atoms with van der Waals surface area (Å²) in [5.74, 6) is 0. The quantitative estimate of drug-likeness (QED) is 0.738. The summed E-state index contributed by atoms with van der Waals surface area (Å²) in [6.07, 6.45) is 3.93. The molecule has 3 rings (SSSR count). The number of ether oxygens (including phenoxy) is 1. The van der Waals surface area contributed by atoms with Crippen LogP contribution < -0.4 is 11.3 Å². The van der Waals surface area contributed by atoms with E-state index in [0.717, 1.165) is 26.1 Å². The Hall–Kier alpha value is -1.29. The lowest BCUT2D eigenvalue weighted by molar-refractivity contribution is -0.174. The number of nitrogens with two attached hydrogens (primary N) is 1. The molecular weight excluding hydrogens is 192 g/mol. The van der Waals surface area contributed by atoms with E-state index in [1.54, 1.807) is 10.6 Å². The van der Waals surface area contributed by atoms with E-state index in [2.05, 4.69) is 0 Å². The number of rotatable bonds is 1. The third-order valence-electron chi connectivity index (χ3n) is 3.55. The van der Waals surface area contributed by atoms with Gasteiger partial charge in [0.1, 0.15) is 0 Å². The molecule has 1 saturated carbocycles. The van der Waals surface area contributed by atoms with Crippen molar-refractivity contribution in [3.8, 4) is 0 Å². The fraction of sp³-hybridized carbons (Fsp3) is 0.545. The highest BCUT2D eigenvalue weighted by Crippen LogP contribution is 2.52. The number of aromatic nitrogens is 1. The number of nitrogen functional groups attached to an aromatic ring is 1. The topological polar surface area (TPSA) is 57.2 Å². The highest BCUT2D eigenvalue weighted by Gasteiger charge is 2.50. The molecule has 2 fully saturated rings. The molecule has 0 radical (unpaired) electrons. The lowest BCUT2D eigenvalue weighted by atomic mass is 9.64. The lowest BCUT2D eigenvalue weighted by Crippen LogP contribution is -2.53. The second kappa shape index (κ2) is 2.85. The zero-order valence-corrected chi connectivity index (χ0v) is 8.48. The van der Waals surface area contributed by atoms with Crippen molar-refractivity contribution in [3.63, 3.8) is 0 Å². The van der Waals surface area contributed by atoms with Crippen LogP contribution >= 0.6 is 0 Å². The van der Waals surface area contributed by atoms with Crippen molar-refractivity contribution in [3.05, 3.63) is 28.7 Å². The summed E-state index contributed by atoms with van der Waals surface area (Å²) in [5.41, 5.74) is 6.26. The van der Waals surface area contributed by atoms with Gasteiger partial charge in [-0.15, -0.1) is 0 Å². The monoisotopic (exact) mass is 206 g/mol. The Balaban J connectivity index is 1.84. The SMILES string of the molecule is Nc1cccn(C2CC3(COC3)C2)c1=O. The molecule has 2 heterocycles. The molecule has 0 bridgehead atoms. The van der Waals surface area contributed by atoms with E-state index in [4.69, 9.17) is 10.5 Å². The molecule has 1 saturated heterocycles. The van der Waals surface area contributed by atoms with E-state index in [1.165, 1.54) is 0 Å². The minimum Gasteiger partial charge on any atom is -0.394 e. The first-order chi connectivity index (χ1) is 7.20. The van der Waals surface area contributed by atoms with E-state index in [9.17, 15) is 4.79 Å². The fourth-order valence-electron chi connectivity index (χ4n) is 2.58. The van der Waals surface area contributed by atoms with Crippen molar-refractivity contribution < 1.29 is 4.74 Å². The molecule has 1 aliphatic carbocycles. The normalized spacial score (nSPS) is 23.5. The zero-order valence-electron chi connectivity index (χ0n) is 8.48. The van der Waals surface area contributed by atoms with Gasteiger partial charge in [-0.05, 0) is 25.0 Å². The highest BCUT2D eigenvalue weighted by atomic mass is 16.5. The maximum atomic E-state index is 11.7. The summed E-state index contributed by atoms with van der Waals surface area (Å²) in [7, 11) is 0. The molecule has 1 aromatic rings. The van der Waals surface area contributed by atoms with Gasteiger partial charge in [0, 0.05) is 17.7 Å². The highest BCUT2D eigenvalue weighted by molar-refractivity contribution is 5.34. The molecule has 0 amide bonds. The molecule has 80 valence electrons. The molecular formula is C11H14N2O2. The molecule has 0 atom stereocenters. The average Bonchev–Trinajstić information content (AvgIpc) is 2.07. The van der Waals surface area contributed by atoms with Crippen LogP contribution in [0.1, 0.15) is 18.9 Å². The van der Waals surface area contributed by atoms with Gasteiger partial charge < -0.3 is 15.0 Å². The van der Waals surface area contributed by atoms with Crippen LogP contribution in [0.2, 0.25) is 0 Å². The number of hydrogen-bond donors (Lipinski definition) is 1. The Labute approximate surface area is 87.7 Å². The van der Waals surface area contributed by atoms with Crippen LogP contribution in [-0.2, 0) is 4.74 Å². The van der Waals surface area contributed by atoms with Crippen LogP contribution in [0.25, 0.3) is 0 Å². The average molecular weight is 206 g/mol. The Morgan fingerprint density at radius 2 is 2.20 bits per heavy atom. The van der Waals surface area contributed by atoms with E-state index in [0.29, 0.717) is 17.1 Å². The number of anilines is 1. The summed E-state index contributed by atoms with van der Waals surface area (Å²) in [6.45, 7) is 1.72. The van der Waals surface area contributed by atoms with Crippen molar-refractivity contribution in [2.75, 3.05) is 18.9 Å². The molecule has 0 aromatic carbocycles. The summed E-state index contributed by atoms with van der Waals surface area (Å²) in [4.78, 5) is 11.7. The van der Waals surface area contributed by atoms with Gasteiger partial charge in [0.25, 0.3) is 5.56 Å². The minimum absolute atomic E-state index is 0.0578. The molecule has 2 N–H and O–H groups in total. The molecule has 15 heavy (non-hydrogen) atoms. The molecule has 1 aliphatic heterocycles. The summed E-state index contributed by atoms with van der Waals surface area (Å²) < 4.78 is 6.97. The molecule has 0 unspecified atom stereocenters. The van der Waals surface area contributed by atoms with Gasteiger partial charge in [0.15, 0.2) is 0 Å². The smallest absolute Gasteiger partial charge is 0.273 e. The van der Waals surface area contributed by atoms with Crippen LogP contribution in [0, 0.1) is 5.41 Å². The molecule has 1 aromatic heterocycles. The van der Waals surface area contributed by atoms with Gasteiger partial charge in [-0.3, -0.25) is 4.79 Å². The third kappa shape index (κ3) is 1.21. The van der Waals surface area contributed by atoms with E-state index in [1.807, 2.05) is 12.3 Å². The second-order valence-electron chi connectivity index (χ2n) is 4.73. The predicted octanol–water partition coefficient (Wildman–Crippen LogP) is 0.782. The first kappa shape index (κ1) is 8.97. The van der Waals surface area contributed by atoms with Crippen LogP contribution in [0.4, 0.5) is 5.69 Å². The van der Waals surface area contributed by atoms with Gasteiger partial charge in [-0.2, -0.15) is 0 Å². The van der Waals surface area contributed by atoms with Gasteiger partial charge >= 0.3 is 0 Å². The summed E-state index contributed by atoms with van der Waals surface area (Å²) in [5, 5.41) is 0. The van der Waals surface area contributed by atoms with E-state index >= 15 is 0 Å². The van der Waals surface area contributed by atoms with Gasteiger partial charge in [0.05, 0.1) is 18.9 Å². The minimum atomic E-state index is -0.0578. The van der Waals surface area contributed by atoms with Gasteiger partial charge in [-0.1, -0.05) is 0 Å². The number of nitrogens with zero attached hydrogens (tertiary/aromatic N) is 1. The number of pyridine rings is 1. The Bertz CT molecular complexity index is 440. The van der Waals surface area contributed by atoms with Crippen LogP contribution in [0.5, 0.6) is 0 Å². The van der Waals surface area contributed by atoms with Gasteiger partial charge in [-0.25, -0.2) is 0 Å². The van der Waals surface area contributed by atoms with E-state index < -0.39 is 0 Å². The van der Waals surface area contributed by atoms with Crippen LogP contribution in [-0.4, -0.2) is 17.8 Å². The first-order valence-corrected chi connectivity index (χ1v) is 5.25. The Morgan fingerprint density at radius 3 is 2.80 bits per heavy atom. The van der Waals surface area contributed by atoms with Crippen LogP contribution in [0.15, 0.2) is 23.1 Å². The Morgan fingerprint density at radius 1 is 1.47 bits per heavy atom. The van der Waals surface area contributed by atoms with Crippen molar-refractivity contribution in [2.24, 2.45) is 5.41 Å². The van der Waals surface area contributed by atoms with Crippen molar-refractivity contribution in [1.29, 1.82) is 0 Å². The Kier molecular flexibility index (Phi) is 1.71. The molecule has 4 nitrogen and oxygen atoms in total. The van der Waals surface area contributed by atoms with Crippen LogP contribution in [0.3, 0.4) is 0 Å². The second-order valence-corrected chi connectivity index (χ2v) is 4.73. The van der Waals surface area contributed by atoms with Crippen molar-refractivity contribution >= 4 is 5.69 Å². The maximum absolute atomic E-state index is 11.7. The molecule has 2 aliphatic rings. The van der Waals surface area contributed by atoms with E-state index in [-0.39, 0.29) is 5.56 Å². The predicted molar refractivity (Wildman–Crippen MR) is 56.6 cm³/mol.